The maximum Gasteiger partial charge on any atom is 0.243 e. The third kappa shape index (κ3) is 3.30. The summed E-state index contributed by atoms with van der Waals surface area (Å²) in [6, 6.07) is 5.56. The van der Waals surface area contributed by atoms with E-state index in [9.17, 15) is 17.6 Å². The number of rotatable bonds is 5. The van der Waals surface area contributed by atoms with Crippen molar-refractivity contribution in [1.29, 1.82) is 0 Å². The summed E-state index contributed by atoms with van der Waals surface area (Å²) in [6.45, 7) is -0.0326. The third-order valence-corrected chi connectivity index (χ3v) is 5.85. The number of halogens is 1. The quantitative estimate of drug-likeness (QED) is 0.833. The molecule has 1 aromatic rings. The number of carbonyl (C=O) groups excluding carboxylic acids is 1. The van der Waals surface area contributed by atoms with Crippen LogP contribution in [-0.4, -0.2) is 37.9 Å². The lowest BCUT2D eigenvalue weighted by Gasteiger charge is -2.31. The first kappa shape index (κ1) is 16.1. The van der Waals surface area contributed by atoms with Gasteiger partial charge in [0.1, 0.15) is 10.7 Å². The molecule has 124 valence electrons. The number of nitrogens with one attached hydrogen (secondary N) is 1. The fourth-order valence-corrected chi connectivity index (χ4v) is 4.38. The van der Waals surface area contributed by atoms with E-state index in [1.165, 1.54) is 18.2 Å². The molecule has 0 saturated carbocycles. The van der Waals surface area contributed by atoms with Crippen molar-refractivity contribution in [3.05, 3.63) is 42.2 Å². The number of amides is 1. The van der Waals surface area contributed by atoms with Crippen LogP contribution in [0.5, 0.6) is 0 Å². The fraction of sp³-hybridized carbons (Fsp3) is 0.438. The molecule has 1 N–H and O–H groups in total. The van der Waals surface area contributed by atoms with Gasteiger partial charge in [-0.25, -0.2) is 17.5 Å². The van der Waals surface area contributed by atoms with Gasteiger partial charge in [0, 0.05) is 19.0 Å². The van der Waals surface area contributed by atoms with E-state index in [2.05, 4.69) is 10.8 Å². The monoisotopic (exact) mass is 338 g/mol. The number of nitrogens with zero attached hydrogens (tertiary/aromatic N) is 1. The Morgan fingerprint density at radius 1 is 1.30 bits per heavy atom. The van der Waals surface area contributed by atoms with Crippen molar-refractivity contribution in [3.8, 4) is 0 Å². The number of carbonyl (C=O) groups is 1. The van der Waals surface area contributed by atoms with Gasteiger partial charge < -0.3 is 4.90 Å². The highest BCUT2D eigenvalue weighted by molar-refractivity contribution is 7.89. The molecule has 1 saturated heterocycles. The molecule has 5 nitrogen and oxygen atoms in total. The van der Waals surface area contributed by atoms with E-state index in [0.29, 0.717) is 0 Å². The van der Waals surface area contributed by atoms with Crippen LogP contribution in [0.3, 0.4) is 0 Å². The van der Waals surface area contributed by atoms with Crippen LogP contribution >= 0.6 is 0 Å². The Morgan fingerprint density at radius 3 is 2.83 bits per heavy atom. The summed E-state index contributed by atoms with van der Waals surface area (Å²) in [4.78, 5) is 13.8. The summed E-state index contributed by atoms with van der Waals surface area (Å²) in [5, 5.41) is 0. The van der Waals surface area contributed by atoms with Crippen LogP contribution in [-0.2, 0) is 14.8 Å². The summed E-state index contributed by atoms with van der Waals surface area (Å²) in [7, 11) is -3.94. The topological polar surface area (TPSA) is 66.5 Å². The zero-order valence-corrected chi connectivity index (χ0v) is 13.4. The molecule has 1 amide bonds. The molecule has 2 aliphatic rings. The minimum atomic E-state index is -3.94. The van der Waals surface area contributed by atoms with Gasteiger partial charge in [0.05, 0.1) is 6.04 Å². The highest BCUT2D eigenvalue weighted by Crippen LogP contribution is 2.31. The van der Waals surface area contributed by atoms with E-state index >= 15 is 0 Å². The van der Waals surface area contributed by atoms with Crippen molar-refractivity contribution in [1.82, 2.24) is 9.62 Å². The number of hydrogen-bond donors (Lipinski definition) is 1. The van der Waals surface area contributed by atoms with Gasteiger partial charge in [-0.3, -0.25) is 4.79 Å². The maximum atomic E-state index is 13.6. The Bertz CT molecular complexity index is 733. The van der Waals surface area contributed by atoms with E-state index in [1.807, 2.05) is 11.0 Å². The zero-order chi connectivity index (χ0) is 16.4. The first-order valence-corrected chi connectivity index (χ1v) is 9.19. The van der Waals surface area contributed by atoms with Gasteiger partial charge in [-0.15, -0.1) is 0 Å². The van der Waals surface area contributed by atoms with Crippen LogP contribution in [0.4, 0.5) is 4.39 Å². The number of fused-ring (bicyclic) bond motifs is 2. The second-order valence-electron chi connectivity index (χ2n) is 5.84. The molecule has 7 heteroatoms. The molecule has 2 heterocycles. The molecule has 1 aromatic carbocycles. The molecule has 0 unspecified atom stereocenters. The molecule has 1 fully saturated rings. The number of benzene rings is 1. The van der Waals surface area contributed by atoms with Crippen LogP contribution in [0.1, 0.15) is 25.7 Å². The van der Waals surface area contributed by atoms with Crippen LogP contribution in [0.25, 0.3) is 0 Å². The number of sulfonamides is 1. The highest BCUT2D eigenvalue weighted by Gasteiger charge is 2.36. The van der Waals surface area contributed by atoms with E-state index < -0.39 is 20.7 Å². The molecule has 0 aromatic heterocycles. The van der Waals surface area contributed by atoms with Crippen molar-refractivity contribution in [2.45, 2.75) is 42.7 Å². The van der Waals surface area contributed by atoms with Gasteiger partial charge in [0.2, 0.25) is 15.9 Å². The van der Waals surface area contributed by atoms with Gasteiger partial charge in [-0.1, -0.05) is 24.3 Å². The van der Waals surface area contributed by atoms with Crippen LogP contribution in [0.2, 0.25) is 0 Å². The Labute approximate surface area is 135 Å². The standard InChI is InChI=1S/C16H19FN2O3S/c17-14-6-1-2-7-15(14)23(21,22)18-11-10-16(20)19-12-4-3-5-13(19)9-8-12/h1-4,6-7,12-13,18H,5,8-11H2/t12-,13-/m0/s1. The van der Waals surface area contributed by atoms with Crippen molar-refractivity contribution in [3.63, 3.8) is 0 Å². The first-order chi connectivity index (χ1) is 11.0. The lowest BCUT2D eigenvalue weighted by Crippen LogP contribution is -2.43. The van der Waals surface area contributed by atoms with Gasteiger partial charge in [0.25, 0.3) is 0 Å². The van der Waals surface area contributed by atoms with Crippen LogP contribution in [0.15, 0.2) is 41.3 Å². The molecular formula is C16H19FN2O3S. The molecule has 0 aliphatic carbocycles. The van der Waals surface area contributed by atoms with Crippen molar-refractivity contribution in [2.75, 3.05) is 6.54 Å². The Balaban J connectivity index is 1.58. The predicted molar refractivity (Wildman–Crippen MR) is 83.6 cm³/mol. The summed E-state index contributed by atoms with van der Waals surface area (Å²) in [5.74, 6) is -0.858. The van der Waals surface area contributed by atoms with Gasteiger partial charge >= 0.3 is 0 Å². The SMILES string of the molecule is O=C(CCNS(=O)(=O)c1ccccc1F)N1[C@H]2CC=C[C@H]1CC2. The minimum absolute atomic E-state index is 0.0326. The zero-order valence-electron chi connectivity index (χ0n) is 12.6. The number of hydrogen-bond acceptors (Lipinski definition) is 3. The molecule has 0 spiro atoms. The van der Waals surface area contributed by atoms with Gasteiger partial charge in [-0.05, 0) is 31.4 Å². The molecule has 2 bridgehead atoms. The van der Waals surface area contributed by atoms with Crippen LogP contribution in [0, 0.1) is 5.82 Å². The van der Waals surface area contributed by atoms with E-state index in [0.717, 1.165) is 25.3 Å². The predicted octanol–water partition coefficient (Wildman–Crippen LogP) is 1.81. The normalized spacial score (nSPS) is 23.3. The smallest absolute Gasteiger partial charge is 0.243 e. The third-order valence-electron chi connectivity index (χ3n) is 4.36. The van der Waals surface area contributed by atoms with E-state index in [1.54, 1.807) is 0 Å². The first-order valence-electron chi connectivity index (χ1n) is 7.71. The van der Waals surface area contributed by atoms with Gasteiger partial charge in [0.15, 0.2) is 0 Å². The van der Waals surface area contributed by atoms with Crippen molar-refractivity contribution in [2.24, 2.45) is 0 Å². The van der Waals surface area contributed by atoms with E-state index in [-0.39, 0.29) is 31.0 Å². The molecule has 3 rings (SSSR count). The summed E-state index contributed by atoms with van der Waals surface area (Å²) < 4.78 is 40.0. The summed E-state index contributed by atoms with van der Waals surface area (Å²) in [6.07, 6.45) is 7.05. The molecule has 2 atom stereocenters. The summed E-state index contributed by atoms with van der Waals surface area (Å²) in [5.41, 5.74) is 0. The highest BCUT2D eigenvalue weighted by atomic mass is 32.2. The van der Waals surface area contributed by atoms with Gasteiger partial charge in [-0.2, -0.15) is 0 Å². The Kier molecular flexibility index (Phi) is 4.50. The lowest BCUT2D eigenvalue weighted by molar-refractivity contribution is -0.133. The second kappa shape index (κ2) is 6.41. The minimum Gasteiger partial charge on any atom is -0.333 e. The molecule has 23 heavy (non-hydrogen) atoms. The second-order valence-corrected chi connectivity index (χ2v) is 7.58. The van der Waals surface area contributed by atoms with E-state index in [4.69, 9.17) is 0 Å². The van der Waals surface area contributed by atoms with Crippen molar-refractivity contribution < 1.29 is 17.6 Å². The van der Waals surface area contributed by atoms with Crippen LogP contribution < -0.4 is 4.72 Å². The Hall–Kier alpha value is -1.73. The lowest BCUT2D eigenvalue weighted by atomic mass is 10.1. The molecule has 0 radical (unpaired) electrons. The fourth-order valence-electron chi connectivity index (χ4n) is 3.28. The largest absolute Gasteiger partial charge is 0.333 e. The molecule has 2 aliphatic heterocycles. The molecular weight excluding hydrogens is 319 g/mol. The van der Waals surface area contributed by atoms with Crippen molar-refractivity contribution >= 4 is 15.9 Å². The summed E-state index contributed by atoms with van der Waals surface area (Å²) >= 11 is 0. The average Bonchev–Trinajstić information content (AvgIpc) is 2.77. The maximum absolute atomic E-state index is 13.6. The average molecular weight is 338 g/mol. The Morgan fingerprint density at radius 2 is 2.09 bits per heavy atom.